The van der Waals surface area contributed by atoms with Gasteiger partial charge in [0, 0.05) is 12.6 Å². The number of nitrogens with zero attached hydrogens (tertiary/aromatic N) is 1. The Morgan fingerprint density at radius 3 is 2.58 bits per heavy atom. The molecule has 0 aromatic heterocycles. The number of ether oxygens (including phenoxy) is 1. The van der Waals surface area contributed by atoms with Crippen LogP contribution in [0.15, 0.2) is 42.5 Å². The molecule has 0 amide bonds. The molecule has 0 saturated heterocycles. The van der Waals surface area contributed by atoms with E-state index < -0.39 is 0 Å². The fourth-order valence-electron chi connectivity index (χ4n) is 2.01. The van der Waals surface area contributed by atoms with Crippen molar-refractivity contribution in [2.45, 2.75) is 0 Å². The molecule has 0 unspecified atom stereocenters. The second-order valence-electron chi connectivity index (χ2n) is 4.03. The average molecular weight is 276 g/mol. The van der Waals surface area contributed by atoms with E-state index >= 15 is 0 Å². The molecular weight excluding hydrogens is 262 g/mol. The number of para-hydroxylation sites is 3. The number of halogens is 1. The van der Waals surface area contributed by atoms with E-state index in [9.17, 15) is 4.79 Å². The third-order valence-electron chi connectivity index (χ3n) is 2.93. The smallest absolute Gasteiger partial charge is 0.152 e. The molecule has 3 nitrogen and oxygen atoms in total. The number of hydrogen-bond acceptors (Lipinski definition) is 3. The molecule has 0 aliphatic rings. The van der Waals surface area contributed by atoms with Crippen LogP contribution in [0, 0.1) is 0 Å². The van der Waals surface area contributed by atoms with E-state index in [1.807, 2.05) is 36.2 Å². The summed E-state index contributed by atoms with van der Waals surface area (Å²) in [6.45, 7) is 0. The number of carbonyl (C=O) groups excluding carboxylic acids is 1. The minimum Gasteiger partial charge on any atom is -0.495 e. The van der Waals surface area contributed by atoms with Gasteiger partial charge in [0.2, 0.25) is 0 Å². The maximum absolute atomic E-state index is 11.2. The number of rotatable bonds is 4. The second kappa shape index (κ2) is 5.76. The van der Waals surface area contributed by atoms with Crippen molar-refractivity contribution in [1.82, 2.24) is 0 Å². The van der Waals surface area contributed by atoms with Crippen molar-refractivity contribution in [3.63, 3.8) is 0 Å². The van der Waals surface area contributed by atoms with Crippen molar-refractivity contribution in [1.29, 1.82) is 0 Å². The van der Waals surface area contributed by atoms with Gasteiger partial charge in [-0.25, -0.2) is 0 Å². The van der Waals surface area contributed by atoms with Crippen LogP contribution >= 0.6 is 11.6 Å². The molecule has 0 fully saturated rings. The van der Waals surface area contributed by atoms with Crippen molar-refractivity contribution in [3.8, 4) is 5.75 Å². The summed E-state index contributed by atoms with van der Waals surface area (Å²) in [5, 5.41) is 0.526. The van der Waals surface area contributed by atoms with Crippen LogP contribution in [0.25, 0.3) is 0 Å². The lowest BCUT2D eigenvalue weighted by Crippen LogP contribution is -2.13. The topological polar surface area (TPSA) is 29.5 Å². The molecule has 98 valence electrons. The highest BCUT2D eigenvalue weighted by Gasteiger charge is 2.15. The third kappa shape index (κ3) is 2.56. The molecule has 19 heavy (non-hydrogen) atoms. The van der Waals surface area contributed by atoms with Crippen molar-refractivity contribution in [3.05, 3.63) is 53.1 Å². The zero-order valence-electron chi connectivity index (χ0n) is 10.8. The van der Waals surface area contributed by atoms with E-state index in [1.165, 1.54) is 0 Å². The maximum atomic E-state index is 11.2. The lowest BCUT2D eigenvalue weighted by atomic mass is 10.1. The summed E-state index contributed by atoms with van der Waals surface area (Å²) in [5.74, 6) is 0.724. The molecule has 0 radical (unpaired) electrons. The van der Waals surface area contributed by atoms with Gasteiger partial charge in [-0.05, 0) is 24.3 Å². The van der Waals surface area contributed by atoms with Gasteiger partial charge in [-0.1, -0.05) is 29.8 Å². The van der Waals surface area contributed by atoms with Crippen LogP contribution < -0.4 is 9.64 Å². The largest absolute Gasteiger partial charge is 0.495 e. The van der Waals surface area contributed by atoms with Crippen LogP contribution in [-0.2, 0) is 0 Å². The van der Waals surface area contributed by atoms with Gasteiger partial charge < -0.3 is 9.64 Å². The van der Waals surface area contributed by atoms with E-state index in [0.717, 1.165) is 17.7 Å². The van der Waals surface area contributed by atoms with Crippen LogP contribution in [0.4, 0.5) is 11.4 Å². The Hall–Kier alpha value is -2.00. The van der Waals surface area contributed by atoms with Crippen LogP contribution in [0.1, 0.15) is 10.4 Å². The lowest BCUT2D eigenvalue weighted by Gasteiger charge is -2.24. The molecule has 0 saturated carbocycles. The normalized spacial score (nSPS) is 10.1. The van der Waals surface area contributed by atoms with Gasteiger partial charge in [-0.3, -0.25) is 4.79 Å². The molecular formula is C15H14ClNO2. The Morgan fingerprint density at radius 2 is 1.89 bits per heavy atom. The summed E-state index contributed by atoms with van der Waals surface area (Å²) in [7, 11) is 3.46. The molecule has 0 aliphatic carbocycles. The Bertz CT molecular complexity index is 598. The number of carbonyl (C=O) groups is 1. The Labute approximate surface area is 117 Å². The zero-order valence-corrected chi connectivity index (χ0v) is 11.5. The number of hydrogen-bond donors (Lipinski definition) is 0. The van der Waals surface area contributed by atoms with Crippen LogP contribution in [-0.4, -0.2) is 20.4 Å². The molecule has 0 aliphatic heterocycles. The molecule has 0 atom stereocenters. The van der Waals surface area contributed by atoms with Crippen molar-refractivity contribution < 1.29 is 9.53 Å². The molecule has 0 heterocycles. The maximum Gasteiger partial charge on any atom is 0.152 e. The van der Waals surface area contributed by atoms with Crippen molar-refractivity contribution >= 4 is 29.3 Å². The van der Waals surface area contributed by atoms with Crippen LogP contribution in [0.2, 0.25) is 5.02 Å². The van der Waals surface area contributed by atoms with E-state index in [1.54, 1.807) is 25.3 Å². The molecule has 4 heteroatoms. The predicted octanol–water partition coefficient (Wildman–Crippen LogP) is 3.93. The lowest BCUT2D eigenvalue weighted by molar-refractivity contribution is 0.112. The second-order valence-corrected chi connectivity index (χ2v) is 4.43. The number of aldehydes is 1. The van der Waals surface area contributed by atoms with E-state index in [-0.39, 0.29) is 0 Å². The van der Waals surface area contributed by atoms with E-state index in [4.69, 9.17) is 16.3 Å². The monoisotopic (exact) mass is 275 g/mol. The Kier molecular flexibility index (Phi) is 4.07. The average Bonchev–Trinajstić information content (AvgIpc) is 2.46. The quantitative estimate of drug-likeness (QED) is 0.792. The molecule has 0 spiro atoms. The molecule has 2 rings (SSSR count). The van der Waals surface area contributed by atoms with Gasteiger partial charge in [-0.2, -0.15) is 0 Å². The minimum atomic E-state index is 0.526. The molecule has 0 bridgehead atoms. The zero-order chi connectivity index (χ0) is 13.8. The fraction of sp³-hybridized carbons (Fsp3) is 0.133. The highest BCUT2D eigenvalue weighted by molar-refractivity contribution is 6.34. The molecule has 2 aromatic rings. The molecule has 2 aromatic carbocycles. The first-order chi connectivity index (χ1) is 9.19. The van der Waals surface area contributed by atoms with E-state index in [0.29, 0.717) is 16.3 Å². The van der Waals surface area contributed by atoms with Gasteiger partial charge in [-0.15, -0.1) is 0 Å². The number of benzene rings is 2. The van der Waals surface area contributed by atoms with Gasteiger partial charge >= 0.3 is 0 Å². The number of anilines is 2. The standard InChI is InChI=1S/C15H14ClNO2/c1-17(13-8-3-4-9-14(13)19-2)15-11(10-18)6-5-7-12(15)16/h3-10H,1-2H3. The first-order valence-electron chi connectivity index (χ1n) is 5.79. The Morgan fingerprint density at radius 1 is 1.16 bits per heavy atom. The summed E-state index contributed by atoms with van der Waals surface area (Å²) in [6, 6.07) is 12.8. The van der Waals surface area contributed by atoms with E-state index in [2.05, 4.69) is 0 Å². The summed E-state index contributed by atoms with van der Waals surface area (Å²) in [6.07, 6.45) is 0.799. The first kappa shape index (κ1) is 13.4. The summed E-state index contributed by atoms with van der Waals surface area (Å²) in [5.41, 5.74) is 2.06. The SMILES string of the molecule is COc1ccccc1N(C)c1c(Cl)cccc1C=O. The van der Waals surface area contributed by atoms with Crippen molar-refractivity contribution in [2.75, 3.05) is 19.1 Å². The minimum absolute atomic E-state index is 0.526. The highest BCUT2D eigenvalue weighted by Crippen LogP contribution is 2.37. The van der Waals surface area contributed by atoms with Crippen LogP contribution in [0.5, 0.6) is 5.75 Å². The molecule has 0 N–H and O–H groups in total. The Balaban J connectivity index is 2.56. The summed E-state index contributed by atoms with van der Waals surface area (Å²) < 4.78 is 5.33. The predicted molar refractivity (Wildman–Crippen MR) is 77.9 cm³/mol. The van der Waals surface area contributed by atoms with Crippen LogP contribution in [0.3, 0.4) is 0 Å². The highest BCUT2D eigenvalue weighted by atomic mass is 35.5. The third-order valence-corrected chi connectivity index (χ3v) is 3.23. The van der Waals surface area contributed by atoms with Gasteiger partial charge in [0.05, 0.1) is 23.5 Å². The van der Waals surface area contributed by atoms with Gasteiger partial charge in [0.15, 0.2) is 6.29 Å². The number of methoxy groups -OCH3 is 1. The van der Waals surface area contributed by atoms with Gasteiger partial charge in [0.1, 0.15) is 5.75 Å². The van der Waals surface area contributed by atoms with Crippen molar-refractivity contribution in [2.24, 2.45) is 0 Å². The summed E-state index contributed by atoms with van der Waals surface area (Å²) in [4.78, 5) is 13.0. The summed E-state index contributed by atoms with van der Waals surface area (Å²) >= 11 is 6.21. The van der Waals surface area contributed by atoms with Gasteiger partial charge in [0.25, 0.3) is 0 Å². The fourth-order valence-corrected chi connectivity index (χ4v) is 2.32. The first-order valence-corrected chi connectivity index (χ1v) is 6.17.